The molecule has 6 heteroatoms. The van der Waals surface area contributed by atoms with E-state index < -0.39 is 0 Å². The third kappa shape index (κ3) is 2.86. The molecule has 0 spiro atoms. The molecule has 0 saturated heterocycles. The molecule has 2 heterocycles. The summed E-state index contributed by atoms with van der Waals surface area (Å²) in [4.78, 5) is 14.3. The number of hydrogen-bond donors (Lipinski definition) is 2. The summed E-state index contributed by atoms with van der Waals surface area (Å²) in [6, 6.07) is 10.3. The largest absolute Gasteiger partial charge is 0.506 e. The van der Waals surface area contributed by atoms with Crippen molar-refractivity contribution in [2.45, 2.75) is 38.6 Å². The molecule has 6 nitrogen and oxygen atoms in total. The molecule has 5 rings (SSSR count). The van der Waals surface area contributed by atoms with Crippen molar-refractivity contribution < 1.29 is 9.52 Å². The number of hydrazone groups is 1. The predicted octanol–water partition coefficient (Wildman–Crippen LogP) is 3.80. The van der Waals surface area contributed by atoms with Crippen LogP contribution in [-0.4, -0.2) is 24.9 Å². The lowest BCUT2D eigenvalue weighted by molar-refractivity contribution is 0.476. The van der Waals surface area contributed by atoms with Crippen LogP contribution in [0.25, 0.3) is 11.0 Å². The van der Waals surface area contributed by atoms with E-state index in [0.29, 0.717) is 29.4 Å². The quantitative estimate of drug-likeness (QED) is 0.651. The number of phenolic OH excluding ortho intramolecular Hbond substituents is 1. The van der Waals surface area contributed by atoms with Crippen molar-refractivity contribution in [2.24, 2.45) is 5.10 Å². The molecule has 0 bridgehead atoms. The molecule has 0 fully saturated rings. The smallest absolute Gasteiger partial charge is 0.339 e. The lowest BCUT2D eigenvalue weighted by Crippen LogP contribution is -2.12. The van der Waals surface area contributed by atoms with E-state index in [1.807, 2.05) is 27.1 Å². The van der Waals surface area contributed by atoms with Crippen molar-refractivity contribution in [3.8, 4) is 5.75 Å². The summed E-state index contributed by atoms with van der Waals surface area (Å²) in [5, 5.41) is 16.5. The minimum absolute atomic E-state index is 0.0603. The van der Waals surface area contributed by atoms with Gasteiger partial charge in [0.2, 0.25) is 0 Å². The molecule has 2 N–H and O–H groups in total. The number of nitrogens with one attached hydrogen (secondary N) is 1. The number of aryl methyl sites for hydroxylation is 2. The van der Waals surface area contributed by atoms with Crippen LogP contribution in [0.15, 0.2) is 44.6 Å². The van der Waals surface area contributed by atoms with Gasteiger partial charge in [0.05, 0.1) is 17.1 Å². The minimum atomic E-state index is -0.275. The molecule has 0 unspecified atom stereocenters. The molecule has 2 aromatic carbocycles. The van der Waals surface area contributed by atoms with Crippen LogP contribution in [0.4, 0.5) is 5.69 Å². The van der Waals surface area contributed by atoms with Gasteiger partial charge in [-0.25, -0.2) is 4.79 Å². The SMILES string of the molecule is Cc1cc2oc(=O)c3c(c2c(O)c1C1=NN[C@@H](c2ccc(N(C)C)cc2)C1)CCC3. The fraction of sp³-hybridized carbons (Fsp3) is 0.333. The van der Waals surface area contributed by atoms with Crippen molar-refractivity contribution in [1.82, 2.24) is 5.43 Å². The van der Waals surface area contributed by atoms with Crippen molar-refractivity contribution >= 4 is 22.4 Å². The monoisotopic (exact) mass is 403 g/mol. The third-order valence-corrected chi connectivity index (χ3v) is 6.28. The van der Waals surface area contributed by atoms with Gasteiger partial charge in [-0.2, -0.15) is 5.10 Å². The van der Waals surface area contributed by atoms with Crippen LogP contribution in [0.3, 0.4) is 0 Å². The topological polar surface area (TPSA) is 78.1 Å². The van der Waals surface area contributed by atoms with Crippen LogP contribution in [0.5, 0.6) is 5.75 Å². The van der Waals surface area contributed by atoms with E-state index in [1.165, 1.54) is 0 Å². The third-order valence-electron chi connectivity index (χ3n) is 6.28. The van der Waals surface area contributed by atoms with Gasteiger partial charge in [-0.05, 0) is 61.1 Å². The highest BCUT2D eigenvalue weighted by Gasteiger charge is 2.28. The van der Waals surface area contributed by atoms with Gasteiger partial charge in [0, 0.05) is 37.3 Å². The van der Waals surface area contributed by atoms with Gasteiger partial charge in [0.25, 0.3) is 0 Å². The first kappa shape index (κ1) is 18.7. The Balaban J connectivity index is 1.53. The summed E-state index contributed by atoms with van der Waals surface area (Å²) in [7, 11) is 4.04. The number of anilines is 1. The van der Waals surface area contributed by atoms with Crippen LogP contribution in [-0.2, 0) is 12.8 Å². The van der Waals surface area contributed by atoms with E-state index in [-0.39, 0.29) is 17.4 Å². The Hall–Kier alpha value is -3.28. The zero-order valence-corrected chi connectivity index (χ0v) is 17.5. The molecule has 1 aliphatic carbocycles. The molecular weight excluding hydrogens is 378 g/mol. The maximum absolute atomic E-state index is 12.3. The predicted molar refractivity (Wildman–Crippen MR) is 119 cm³/mol. The Morgan fingerprint density at radius 1 is 1.17 bits per heavy atom. The van der Waals surface area contributed by atoms with E-state index >= 15 is 0 Å². The number of rotatable bonds is 3. The second-order valence-electron chi connectivity index (χ2n) is 8.42. The average molecular weight is 403 g/mol. The van der Waals surface area contributed by atoms with Gasteiger partial charge in [-0.1, -0.05) is 12.1 Å². The molecule has 0 amide bonds. The van der Waals surface area contributed by atoms with Crippen molar-refractivity contribution in [3.05, 3.63) is 68.6 Å². The number of hydrogen-bond acceptors (Lipinski definition) is 6. The molecule has 2 aliphatic rings. The van der Waals surface area contributed by atoms with Gasteiger partial charge in [0.1, 0.15) is 11.3 Å². The van der Waals surface area contributed by atoms with Crippen LogP contribution in [0.2, 0.25) is 0 Å². The first-order valence-corrected chi connectivity index (χ1v) is 10.3. The van der Waals surface area contributed by atoms with Gasteiger partial charge in [0.15, 0.2) is 0 Å². The van der Waals surface area contributed by atoms with Crippen molar-refractivity contribution in [3.63, 3.8) is 0 Å². The van der Waals surface area contributed by atoms with E-state index in [0.717, 1.165) is 46.5 Å². The number of aromatic hydroxyl groups is 1. The maximum atomic E-state index is 12.3. The second kappa shape index (κ2) is 6.90. The Bertz CT molecular complexity index is 1240. The summed E-state index contributed by atoms with van der Waals surface area (Å²) in [6.45, 7) is 1.92. The van der Waals surface area contributed by atoms with Crippen LogP contribution >= 0.6 is 0 Å². The summed E-state index contributed by atoms with van der Waals surface area (Å²) in [5.41, 5.74) is 9.77. The van der Waals surface area contributed by atoms with Crippen molar-refractivity contribution in [1.29, 1.82) is 0 Å². The molecule has 30 heavy (non-hydrogen) atoms. The first-order chi connectivity index (χ1) is 14.4. The molecule has 0 radical (unpaired) electrons. The number of fused-ring (bicyclic) bond motifs is 3. The summed E-state index contributed by atoms with van der Waals surface area (Å²) < 4.78 is 5.53. The van der Waals surface area contributed by atoms with Crippen LogP contribution in [0.1, 0.15) is 46.7 Å². The number of nitrogens with zero attached hydrogens (tertiary/aromatic N) is 2. The molecule has 1 aliphatic heterocycles. The summed E-state index contributed by atoms with van der Waals surface area (Å²) >= 11 is 0. The summed E-state index contributed by atoms with van der Waals surface area (Å²) in [6.07, 6.45) is 3.10. The van der Waals surface area contributed by atoms with Gasteiger partial charge in [-0.15, -0.1) is 0 Å². The van der Waals surface area contributed by atoms with Gasteiger partial charge >= 0.3 is 5.63 Å². The maximum Gasteiger partial charge on any atom is 0.339 e. The highest BCUT2D eigenvalue weighted by Crippen LogP contribution is 2.39. The molecule has 1 aromatic heterocycles. The van der Waals surface area contributed by atoms with E-state index in [1.54, 1.807) is 0 Å². The standard InChI is InChI=1S/C24H25N3O3/c1-13-11-20-22(16-5-4-6-17(16)24(29)30-20)23(28)21(13)19-12-18(25-26-19)14-7-9-15(10-8-14)27(2)3/h7-11,18,25,28H,4-6,12H2,1-3H3/t18-/m1/s1. The summed E-state index contributed by atoms with van der Waals surface area (Å²) in [5.74, 6) is 0.177. The van der Waals surface area contributed by atoms with Crippen molar-refractivity contribution in [2.75, 3.05) is 19.0 Å². The second-order valence-corrected chi connectivity index (χ2v) is 8.42. The Morgan fingerprint density at radius 2 is 1.90 bits per heavy atom. The molecule has 1 atom stereocenters. The highest BCUT2D eigenvalue weighted by atomic mass is 16.4. The highest BCUT2D eigenvalue weighted by molar-refractivity contribution is 6.09. The number of phenols is 1. The van der Waals surface area contributed by atoms with Gasteiger partial charge in [-0.3, -0.25) is 0 Å². The molecule has 3 aromatic rings. The zero-order valence-electron chi connectivity index (χ0n) is 17.5. The van der Waals surface area contributed by atoms with E-state index in [9.17, 15) is 9.90 Å². The lowest BCUT2D eigenvalue weighted by atomic mass is 9.93. The Kier molecular flexibility index (Phi) is 4.31. The Morgan fingerprint density at radius 3 is 2.63 bits per heavy atom. The molecule has 0 saturated carbocycles. The Labute approximate surface area is 174 Å². The fourth-order valence-electron chi connectivity index (χ4n) is 4.71. The minimum Gasteiger partial charge on any atom is -0.506 e. The zero-order chi connectivity index (χ0) is 21.0. The van der Waals surface area contributed by atoms with Gasteiger partial charge < -0.3 is 19.8 Å². The average Bonchev–Trinajstić information content (AvgIpc) is 3.38. The first-order valence-electron chi connectivity index (χ1n) is 10.3. The lowest BCUT2D eigenvalue weighted by Gasteiger charge is -2.16. The fourth-order valence-corrected chi connectivity index (χ4v) is 4.71. The normalized spacial score (nSPS) is 17.7. The molecular formula is C24H25N3O3. The van der Waals surface area contributed by atoms with Crippen LogP contribution < -0.4 is 16.0 Å². The van der Waals surface area contributed by atoms with Crippen LogP contribution in [0, 0.1) is 6.92 Å². The van der Waals surface area contributed by atoms with E-state index in [4.69, 9.17) is 4.42 Å². The van der Waals surface area contributed by atoms with E-state index in [2.05, 4.69) is 39.7 Å². The number of benzene rings is 2. The molecule has 154 valence electrons.